The number of amides is 1. The number of ether oxygens (including phenoxy) is 1. The van der Waals surface area contributed by atoms with E-state index < -0.39 is 5.97 Å². The summed E-state index contributed by atoms with van der Waals surface area (Å²) in [7, 11) is 1.34. The molecule has 0 aliphatic carbocycles. The SMILES string of the molecule is COC(=O)c1sccc1NC(=O)CN1CCC2NCCC2C1. The van der Waals surface area contributed by atoms with Gasteiger partial charge >= 0.3 is 5.97 Å². The van der Waals surface area contributed by atoms with Crippen LogP contribution >= 0.6 is 11.3 Å². The summed E-state index contributed by atoms with van der Waals surface area (Å²) >= 11 is 1.27. The average Bonchev–Trinajstić information content (AvgIpc) is 3.14. The molecule has 1 amide bonds. The standard InChI is InChI=1S/C15H21N3O3S/c1-21-15(20)14-12(4-7-22-14)17-13(19)9-18-6-3-11-10(8-18)2-5-16-11/h4,7,10-11,16H,2-3,5-6,8-9H2,1H3,(H,17,19). The minimum Gasteiger partial charge on any atom is -0.465 e. The highest BCUT2D eigenvalue weighted by atomic mass is 32.1. The van der Waals surface area contributed by atoms with Crippen LogP contribution in [0.4, 0.5) is 5.69 Å². The Morgan fingerprint density at radius 1 is 1.50 bits per heavy atom. The largest absolute Gasteiger partial charge is 0.465 e. The van der Waals surface area contributed by atoms with Crippen LogP contribution in [0.5, 0.6) is 0 Å². The Bertz CT molecular complexity index is 560. The van der Waals surface area contributed by atoms with E-state index in [1.54, 1.807) is 11.4 Å². The summed E-state index contributed by atoms with van der Waals surface area (Å²) in [4.78, 5) is 26.5. The molecule has 6 nitrogen and oxygen atoms in total. The van der Waals surface area contributed by atoms with E-state index in [0.29, 0.717) is 29.1 Å². The second-order valence-electron chi connectivity index (χ2n) is 5.84. The van der Waals surface area contributed by atoms with Crippen LogP contribution in [0.3, 0.4) is 0 Å². The van der Waals surface area contributed by atoms with E-state index >= 15 is 0 Å². The van der Waals surface area contributed by atoms with Crippen molar-refractivity contribution in [1.82, 2.24) is 10.2 Å². The molecule has 0 bridgehead atoms. The highest BCUT2D eigenvalue weighted by Crippen LogP contribution is 2.25. The molecule has 120 valence electrons. The Morgan fingerprint density at radius 3 is 3.18 bits per heavy atom. The molecule has 7 heteroatoms. The van der Waals surface area contributed by atoms with Gasteiger partial charge in [-0.3, -0.25) is 9.69 Å². The van der Waals surface area contributed by atoms with Gasteiger partial charge < -0.3 is 15.4 Å². The first-order valence-corrected chi connectivity index (χ1v) is 8.46. The third-order valence-corrected chi connectivity index (χ3v) is 5.31. The van der Waals surface area contributed by atoms with E-state index in [-0.39, 0.29) is 5.91 Å². The Kier molecular flexibility index (Phi) is 4.75. The number of rotatable bonds is 4. The van der Waals surface area contributed by atoms with Crippen LogP contribution in [0.2, 0.25) is 0 Å². The van der Waals surface area contributed by atoms with Crippen molar-refractivity contribution in [3.05, 3.63) is 16.3 Å². The van der Waals surface area contributed by atoms with Crippen molar-refractivity contribution in [3.8, 4) is 0 Å². The van der Waals surface area contributed by atoms with E-state index in [0.717, 1.165) is 26.1 Å². The molecule has 0 radical (unpaired) electrons. The number of thiophene rings is 1. The lowest BCUT2D eigenvalue weighted by atomic mass is 9.93. The van der Waals surface area contributed by atoms with Crippen LogP contribution in [0, 0.1) is 5.92 Å². The minimum absolute atomic E-state index is 0.0760. The molecule has 1 aromatic heterocycles. The van der Waals surface area contributed by atoms with Gasteiger partial charge in [-0.05, 0) is 36.8 Å². The Morgan fingerprint density at radius 2 is 2.36 bits per heavy atom. The van der Waals surface area contributed by atoms with Crippen molar-refractivity contribution < 1.29 is 14.3 Å². The van der Waals surface area contributed by atoms with Crippen LogP contribution < -0.4 is 10.6 Å². The van der Waals surface area contributed by atoms with Gasteiger partial charge in [0.1, 0.15) is 4.88 Å². The molecule has 3 rings (SSSR count). The van der Waals surface area contributed by atoms with Gasteiger partial charge in [-0.15, -0.1) is 11.3 Å². The molecule has 2 unspecified atom stereocenters. The number of methoxy groups -OCH3 is 1. The fourth-order valence-electron chi connectivity index (χ4n) is 3.32. The molecule has 0 spiro atoms. The molecule has 3 heterocycles. The van der Waals surface area contributed by atoms with E-state index in [1.165, 1.54) is 24.9 Å². The summed E-state index contributed by atoms with van der Waals surface area (Å²) in [6.07, 6.45) is 2.30. The number of carbonyl (C=O) groups is 2. The summed E-state index contributed by atoms with van der Waals surface area (Å²) in [6.45, 7) is 3.38. The number of nitrogens with zero attached hydrogens (tertiary/aromatic N) is 1. The first-order valence-electron chi connectivity index (χ1n) is 7.58. The number of carbonyl (C=O) groups excluding carboxylic acids is 2. The second-order valence-corrected chi connectivity index (χ2v) is 6.75. The van der Waals surface area contributed by atoms with Crippen LogP contribution in [-0.4, -0.2) is 56.1 Å². The molecule has 2 N–H and O–H groups in total. The van der Waals surface area contributed by atoms with Gasteiger partial charge in [0.15, 0.2) is 0 Å². The maximum absolute atomic E-state index is 12.2. The quantitative estimate of drug-likeness (QED) is 0.814. The molecule has 2 fully saturated rings. The van der Waals surface area contributed by atoms with Crippen LogP contribution in [-0.2, 0) is 9.53 Å². The monoisotopic (exact) mass is 323 g/mol. The first kappa shape index (κ1) is 15.5. The van der Waals surface area contributed by atoms with Crippen molar-refractivity contribution >= 4 is 28.9 Å². The Balaban J connectivity index is 1.54. The molecule has 0 saturated carbocycles. The molecule has 0 aromatic carbocycles. The van der Waals surface area contributed by atoms with E-state index in [2.05, 4.69) is 15.5 Å². The smallest absolute Gasteiger partial charge is 0.350 e. The zero-order valence-corrected chi connectivity index (χ0v) is 13.4. The van der Waals surface area contributed by atoms with Gasteiger partial charge in [-0.25, -0.2) is 4.79 Å². The summed E-state index contributed by atoms with van der Waals surface area (Å²) in [6, 6.07) is 2.36. The number of anilines is 1. The predicted molar refractivity (Wildman–Crippen MR) is 85.2 cm³/mol. The maximum Gasteiger partial charge on any atom is 0.350 e. The molecule has 2 aliphatic rings. The van der Waals surface area contributed by atoms with Crippen molar-refractivity contribution in [3.63, 3.8) is 0 Å². The van der Waals surface area contributed by atoms with Crippen molar-refractivity contribution in [2.75, 3.05) is 38.6 Å². The van der Waals surface area contributed by atoms with Crippen LogP contribution in [0.25, 0.3) is 0 Å². The van der Waals surface area contributed by atoms with Gasteiger partial charge in [-0.1, -0.05) is 0 Å². The molecular weight excluding hydrogens is 302 g/mol. The van der Waals surface area contributed by atoms with Crippen molar-refractivity contribution in [1.29, 1.82) is 0 Å². The number of esters is 1. The molecule has 2 atom stereocenters. The zero-order valence-electron chi connectivity index (χ0n) is 12.6. The predicted octanol–water partition coefficient (Wildman–Crippen LogP) is 1.16. The summed E-state index contributed by atoms with van der Waals surface area (Å²) in [5.41, 5.74) is 0.541. The van der Waals surface area contributed by atoms with Gasteiger partial charge in [0.2, 0.25) is 5.91 Å². The van der Waals surface area contributed by atoms with Gasteiger partial charge in [0.25, 0.3) is 0 Å². The lowest BCUT2D eigenvalue weighted by Gasteiger charge is -2.34. The Labute approximate surface area is 133 Å². The van der Waals surface area contributed by atoms with E-state index in [1.807, 2.05) is 0 Å². The number of fused-ring (bicyclic) bond motifs is 1. The average molecular weight is 323 g/mol. The van der Waals surface area contributed by atoms with Crippen molar-refractivity contribution in [2.24, 2.45) is 5.92 Å². The van der Waals surface area contributed by atoms with Crippen LogP contribution in [0.1, 0.15) is 22.5 Å². The summed E-state index contributed by atoms with van der Waals surface area (Å²) in [5, 5.41) is 8.12. The highest BCUT2D eigenvalue weighted by molar-refractivity contribution is 7.12. The molecule has 2 saturated heterocycles. The molecular formula is C15H21N3O3S. The third-order valence-electron chi connectivity index (χ3n) is 4.42. The lowest BCUT2D eigenvalue weighted by molar-refractivity contribution is -0.117. The topological polar surface area (TPSA) is 70.7 Å². The van der Waals surface area contributed by atoms with Crippen molar-refractivity contribution in [2.45, 2.75) is 18.9 Å². The fourth-order valence-corrected chi connectivity index (χ4v) is 4.08. The molecule has 22 heavy (non-hydrogen) atoms. The minimum atomic E-state index is -0.414. The number of nitrogens with one attached hydrogen (secondary N) is 2. The number of likely N-dealkylation sites (tertiary alicyclic amines) is 1. The summed E-state index contributed by atoms with van der Waals surface area (Å²) < 4.78 is 4.72. The van der Waals surface area contributed by atoms with Gasteiger partial charge in [0.05, 0.1) is 19.3 Å². The lowest BCUT2D eigenvalue weighted by Crippen LogP contribution is -2.46. The zero-order chi connectivity index (χ0) is 15.5. The normalized spacial score (nSPS) is 24.8. The van der Waals surface area contributed by atoms with E-state index in [4.69, 9.17) is 4.74 Å². The number of hydrogen-bond donors (Lipinski definition) is 2. The third kappa shape index (κ3) is 3.31. The molecule has 2 aliphatic heterocycles. The van der Waals surface area contributed by atoms with Crippen LogP contribution in [0.15, 0.2) is 11.4 Å². The van der Waals surface area contributed by atoms with E-state index in [9.17, 15) is 9.59 Å². The fraction of sp³-hybridized carbons (Fsp3) is 0.600. The first-order chi connectivity index (χ1) is 10.7. The van der Waals surface area contributed by atoms with Gasteiger partial charge in [-0.2, -0.15) is 0 Å². The number of hydrogen-bond acceptors (Lipinski definition) is 6. The Hall–Kier alpha value is -1.44. The number of piperidine rings is 1. The van der Waals surface area contributed by atoms with Gasteiger partial charge in [0, 0.05) is 19.1 Å². The second kappa shape index (κ2) is 6.76. The maximum atomic E-state index is 12.2. The molecule has 1 aromatic rings. The summed E-state index contributed by atoms with van der Waals surface area (Å²) in [5.74, 6) is 0.171. The highest BCUT2D eigenvalue weighted by Gasteiger charge is 2.33.